The van der Waals surface area contributed by atoms with Crippen molar-refractivity contribution in [3.05, 3.63) is 28.5 Å². The SMILES string of the molecule is CCC(C)(CN)C(O)c1cncc(Br)c1. The number of aromatic nitrogens is 1. The lowest BCUT2D eigenvalue weighted by atomic mass is 9.79. The van der Waals surface area contributed by atoms with Crippen molar-refractivity contribution < 1.29 is 5.11 Å². The highest BCUT2D eigenvalue weighted by Gasteiger charge is 2.31. The Morgan fingerprint density at radius 2 is 2.27 bits per heavy atom. The van der Waals surface area contributed by atoms with Gasteiger partial charge >= 0.3 is 0 Å². The first kappa shape index (κ1) is 12.6. The standard InChI is InChI=1S/C11H17BrN2O/c1-3-11(2,7-13)10(15)8-4-9(12)6-14-5-8/h4-6,10,15H,3,7,13H2,1-2H3. The number of pyridine rings is 1. The molecular weight excluding hydrogens is 256 g/mol. The van der Waals surface area contributed by atoms with Crippen molar-refractivity contribution in [1.29, 1.82) is 0 Å². The van der Waals surface area contributed by atoms with Crippen LogP contribution in [0.15, 0.2) is 22.9 Å². The van der Waals surface area contributed by atoms with Gasteiger partial charge < -0.3 is 10.8 Å². The van der Waals surface area contributed by atoms with Gasteiger partial charge in [0.2, 0.25) is 0 Å². The molecule has 0 aromatic carbocycles. The van der Waals surface area contributed by atoms with Gasteiger partial charge in [0.1, 0.15) is 0 Å². The summed E-state index contributed by atoms with van der Waals surface area (Å²) in [6.07, 6.45) is 3.63. The fraction of sp³-hybridized carbons (Fsp3) is 0.545. The highest BCUT2D eigenvalue weighted by atomic mass is 79.9. The number of nitrogens with zero attached hydrogens (tertiary/aromatic N) is 1. The van der Waals surface area contributed by atoms with E-state index in [0.29, 0.717) is 6.54 Å². The fourth-order valence-electron chi connectivity index (χ4n) is 1.43. The third-order valence-corrected chi connectivity index (χ3v) is 3.41. The molecule has 15 heavy (non-hydrogen) atoms. The molecule has 0 aliphatic rings. The van der Waals surface area contributed by atoms with Crippen molar-refractivity contribution in [2.75, 3.05) is 6.54 Å². The summed E-state index contributed by atoms with van der Waals surface area (Å²) in [6, 6.07) is 1.88. The zero-order chi connectivity index (χ0) is 11.5. The molecular formula is C11H17BrN2O. The third-order valence-electron chi connectivity index (χ3n) is 2.98. The Balaban J connectivity index is 2.97. The number of halogens is 1. The number of rotatable bonds is 4. The minimum absolute atomic E-state index is 0.289. The molecule has 2 unspecified atom stereocenters. The predicted molar refractivity (Wildman–Crippen MR) is 64.3 cm³/mol. The first-order valence-corrected chi connectivity index (χ1v) is 5.81. The van der Waals surface area contributed by atoms with Gasteiger partial charge in [-0.2, -0.15) is 0 Å². The highest BCUT2D eigenvalue weighted by Crippen LogP contribution is 2.35. The van der Waals surface area contributed by atoms with Gasteiger partial charge in [-0.15, -0.1) is 0 Å². The van der Waals surface area contributed by atoms with Crippen molar-refractivity contribution in [1.82, 2.24) is 4.98 Å². The maximum atomic E-state index is 10.2. The van der Waals surface area contributed by atoms with Crippen LogP contribution < -0.4 is 5.73 Å². The first-order chi connectivity index (χ1) is 7.03. The van der Waals surface area contributed by atoms with Crippen LogP contribution in [-0.2, 0) is 0 Å². The minimum atomic E-state index is -0.572. The Morgan fingerprint density at radius 1 is 1.60 bits per heavy atom. The average Bonchev–Trinajstić information content (AvgIpc) is 2.27. The Kier molecular flexibility index (Phi) is 4.25. The van der Waals surface area contributed by atoms with Crippen LogP contribution in [0.2, 0.25) is 0 Å². The van der Waals surface area contributed by atoms with Crippen LogP contribution >= 0.6 is 15.9 Å². The zero-order valence-corrected chi connectivity index (χ0v) is 10.7. The van der Waals surface area contributed by atoms with E-state index in [0.717, 1.165) is 16.5 Å². The van der Waals surface area contributed by atoms with E-state index < -0.39 is 6.10 Å². The smallest absolute Gasteiger partial charge is 0.0870 e. The molecule has 1 aromatic rings. The van der Waals surface area contributed by atoms with Crippen LogP contribution in [-0.4, -0.2) is 16.6 Å². The zero-order valence-electron chi connectivity index (χ0n) is 9.07. The van der Waals surface area contributed by atoms with E-state index in [2.05, 4.69) is 20.9 Å². The van der Waals surface area contributed by atoms with E-state index in [9.17, 15) is 5.11 Å². The van der Waals surface area contributed by atoms with Gasteiger partial charge in [0, 0.05) is 34.4 Å². The van der Waals surface area contributed by atoms with E-state index in [1.807, 2.05) is 19.9 Å². The van der Waals surface area contributed by atoms with Crippen LogP contribution in [0.4, 0.5) is 0 Å². The number of aliphatic hydroxyl groups is 1. The molecule has 0 fully saturated rings. The second kappa shape index (κ2) is 5.05. The van der Waals surface area contributed by atoms with E-state index in [1.165, 1.54) is 0 Å². The lowest BCUT2D eigenvalue weighted by molar-refractivity contribution is 0.0388. The maximum Gasteiger partial charge on any atom is 0.0870 e. The molecule has 0 aliphatic carbocycles. The van der Waals surface area contributed by atoms with Crippen molar-refractivity contribution in [3.8, 4) is 0 Å². The van der Waals surface area contributed by atoms with E-state index >= 15 is 0 Å². The van der Waals surface area contributed by atoms with Crippen molar-refractivity contribution in [2.24, 2.45) is 11.1 Å². The normalized spacial score (nSPS) is 17.1. The molecule has 0 saturated heterocycles. The largest absolute Gasteiger partial charge is 0.388 e. The lowest BCUT2D eigenvalue weighted by Crippen LogP contribution is -2.33. The number of aliphatic hydroxyl groups excluding tert-OH is 1. The molecule has 1 rings (SSSR count). The molecule has 0 aliphatic heterocycles. The van der Waals surface area contributed by atoms with Crippen LogP contribution in [0.5, 0.6) is 0 Å². The molecule has 4 heteroatoms. The quantitative estimate of drug-likeness (QED) is 0.884. The summed E-state index contributed by atoms with van der Waals surface area (Å²) in [5, 5.41) is 10.2. The molecule has 84 valence electrons. The van der Waals surface area contributed by atoms with Crippen molar-refractivity contribution >= 4 is 15.9 Å². The molecule has 0 amide bonds. The second-order valence-electron chi connectivity index (χ2n) is 4.05. The summed E-state index contributed by atoms with van der Waals surface area (Å²) in [6.45, 7) is 4.47. The summed E-state index contributed by atoms with van der Waals surface area (Å²) in [4.78, 5) is 4.04. The maximum absolute atomic E-state index is 10.2. The summed E-state index contributed by atoms with van der Waals surface area (Å²) in [5.41, 5.74) is 6.22. The Hall–Kier alpha value is -0.450. The highest BCUT2D eigenvalue weighted by molar-refractivity contribution is 9.10. The van der Waals surface area contributed by atoms with Crippen molar-refractivity contribution in [3.63, 3.8) is 0 Å². The fourth-order valence-corrected chi connectivity index (χ4v) is 1.81. The van der Waals surface area contributed by atoms with Gasteiger partial charge in [-0.05, 0) is 28.4 Å². The molecule has 0 saturated carbocycles. The predicted octanol–water partition coefficient (Wildman–Crippen LogP) is 2.25. The van der Waals surface area contributed by atoms with Crippen LogP contribution in [0.1, 0.15) is 31.9 Å². The molecule has 1 aromatic heterocycles. The average molecular weight is 273 g/mol. The molecule has 0 radical (unpaired) electrons. The van der Waals surface area contributed by atoms with Gasteiger partial charge in [0.25, 0.3) is 0 Å². The second-order valence-corrected chi connectivity index (χ2v) is 4.97. The van der Waals surface area contributed by atoms with E-state index in [4.69, 9.17) is 5.73 Å². The summed E-state index contributed by atoms with van der Waals surface area (Å²) < 4.78 is 0.870. The monoisotopic (exact) mass is 272 g/mol. The summed E-state index contributed by atoms with van der Waals surface area (Å²) >= 11 is 3.34. The van der Waals surface area contributed by atoms with Crippen molar-refractivity contribution in [2.45, 2.75) is 26.4 Å². The van der Waals surface area contributed by atoms with Crippen LogP contribution in [0, 0.1) is 5.41 Å². The molecule has 0 spiro atoms. The van der Waals surface area contributed by atoms with E-state index in [-0.39, 0.29) is 5.41 Å². The summed E-state index contributed by atoms with van der Waals surface area (Å²) in [5.74, 6) is 0. The minimum Gasteiger partial charge on any atom is -0.388 e. The first-order valence-electron chi connectivity index (χ1n) is 5.02. The molecule has 0 bridgehead atoms. The van der Waals surface area contributed by atoms with Gasteiger partial charge in [-0.1, -0.05) is 13.8 Å². The van der Waals surface area contributed by atoms with Crippen LogP contribution in [0.3, 0.4) is 0 Å². The Morgan fingerprint density at radius 3 is 2.73 bits per heavy atom. The lowest BCUT2D eigenvalue weighted by Gasteiger charge is -2.32. The van der Waals surface area contributed by atoms with Gasteiger partial charge in [0.05, 0.1) is 6.10 Å². The van der Waals surface area contributed by atoms with Crippen LogP contribution in [0.25, 0.3) is 0 Å². The molecule has 2 atom stereocenters. The number of hydrogen-bond donors (Lipinski definition) is 2. The molecule has 3 N–H and O–H groups in total. The molecule has 3 nitrogen and oxygen atoms in total. The number of nitrogens with two attached hydrogens (primary N) is 1. The Labute approximate surface area is 98.8 Å². The Bertz CT molecular complexity index is 326. The molecule has 1 heterocycles. The van der Waals surface area contributed by atoms with Gasteiger partial charge in [-0.3, -0.25) is 4.98 Å². The van der Waals surface area contributed by atoms with Gasteiger partial charge in [-0.25, -0.2) is 0 Å². The number of hydrogen-bond acceptors (Lipinski definition) is 3. The van der Waals surface area contributed by atoms with E-state index in [1.54, 1.807) is 12.4 Å². The summed E-state index contributed by atoms with van der Waals surface area (Å²) in [7, 11) is 0. The topological polar surface area (TPSA) is 59.1 Å². The van der Waals surface area contributed by atoms with Gasteiger partial charge in [0.15, 0.2) is 0 Å². The third kappa shape index (κ3) is 2.77.